The number of carbonyl (C=O) groups is 3. The molecule has 0 aliphatic heterocycles. The quantitative estimate of drug-likeness (QED) is 0.0347. The number of hydrogen-bond donors (Lipinski definition) is 0. The number of unbranched alkanes of at least 4 members (excludes halogenated alkanes) is 35. The first-order valence-electron chi connectivity index (χ1n) is 25.0. The van der Waals surface area contributed by atoms with Crippen molar-refractivity contribution in [3.8, 4) is 0 Å². The van der Waals surface area contributed by atoms with E-state index in [9.17, 15) is 14.4 Å². The Hall–Kier alpha value is -1.59. The summed E-state index contributed by atoms with van der Waals surface area (Å²) in [5.74, 6) is -0.855. The molecule has 1 atom stereocenters. The van der Waals surface area contributed by atoms with E-state index in [1.54, 1.807) is 0 Å². The maximum atomic E-state index is 12.7. The van der Waals surface area contributed by atoms with E-state index in [1.807, 2.05) is 0 Å². The largest absolute Gasteiger partial charge is 0.462 e. The molecular formula is C50H96O6. The Labute approximate surface area is 348 Å². The van der Waals surface area contributed by atoms with Crippen LogP contribution in [0, 0.1) is 0 Å². The maximum Gasteiger partial charge on any atom is 0.306 e. The highest BCUT2D eigenvalue weighted by molar-refractivity contribution is 5.71. The highest BCUT2D eigenvalue weighted by atomic mass is 16.6. The zero-order valence-corrected chi connectivity index (χ0v) is 37.9. The maximum absolute atomic E-state index is 12.7. The first-order chi connectivity index (χ1) is 27.5. The topological polar surface area (TPSA) is 78.9 Å². The van der Waals surface area contributed by atoms with Gasteiger partial charge in [0, 0.05) is 19.3 Å². The number of carbonyl (C=O) groups excluding carboxylic acids is 3. The standard InChI is InChI=1S/C50H96O6/c1-4-7-10-13-16-18-20-22-23-24-25-26-27-29-30-32-34-37-40-43-49(52)55-46-47(45-54-48(51)42-39-36-15-12-9-6-3)56-50(53)44-41-38-35-33-31-28-21-19-17-14-11-8-5-2/h47H,4-46H2,1-3H3. The summed E-state index contributed by atoms with van der Waals surface area (Å²) in [5.41, 5.74) is 0. The van der Waals surface area contributed by atoms with Crippen LogP contribution in [0.15, 0.2) is 0 Å². The molecule has 6 nitrogen and oxygen atoms in total. The molecule has 0 N–H and O–H groups in total. The van der Waals surface area contributed by atoms with Gasteiger partial charge >= 0.3 is 17.9 Å². The summed E-state index contributed by atoms with van der Waals surface area (Å²) in [6.07, 6.45) is 48.2. The van der Waals surface area contributed by atoms with Crippen molar-refractivity contribution in [2.24, 2.45) is 0 Å². The van der Waals surface area contributed by atoms with Gasteiger partial charge in [-0.25, -0.2) is 0 Å². The fourth-order valence-electron chi connectivity index (χ4n) is 7.56. The lowest BCUT2D eigenvalue weighted by atomic mass is 10.0. The Morgan fingerprint density at radius 3 is 0.714 bits per heavy atom. The summed E-state index contributed by atoms with van der Waals surface area (Å²) >= 11 is 0. The smallest absolute Gasteiger partial charge is 0.306 e. The predicted molar refractivity (Wildman–Crippen MR) is 238 cm³/mol. The summed E-state index contributed by atoms with van der Waals surface area (Å²) in [4.78, 5) is 37.6. The average Bonchev–Trinajstić information content (AvgIpc) is 3.19. The van der Waals surface area contributed by atoms with E-state index < -0.39 is 6.10 Å². The Kier molecular flexibility index (Phi) is 44.8. The van der Waals surface area contributed by atoms with Gasteiger partial charge in [-0.2, -0.15) is 0 Å². The zero-order valence-electron chi connectivity index (χ0n) is 37.9. The van der Waals surface area contributed by atoms with E-state index in [-0.39, 0.29) is 31.1 Å². The van der Waals surface area contributed by atoms with E-state index in [1.165, 1.54) is 186 Å². The lowest BCUT2D eigenvalue weighted by molar-refractivity contribution is -0.167. The van der Waals surface area contributed by atoms with Crippen LogP contribution in [0.2, 0.25) is 0 Å². The third-order valence-electron chi connectivity index (χ3n) is 11.4. The van der Waals surface area contributed by atoms with E-state index >= 15 is 0 Å². The van der Waals surface area contributed by atoms with Crippen LogP contribution in [0.4, 0.5) is 0 Å². The molecule has 0 aliphatic carbocycles. The summed E-state index contributed by atoms with van der Waals surface area (Å²) in [6, 6.07) is 0. The summed E-state index contributed by atoms with van der Waals surface area (Å²) < 4.78 is 16.7. The van der Waals surface area contributed by atoms with E-state index in [0.717, 1.165) is 57.8 Å². The Balaban J connectivity index is 4.13. The first kappa shape index (κ1) is 54.4. The molecule has 1 unspecified atom stereocenters. The average molecular weight is 793 g/mol. The van der Waals surface area contributed by atoms with Gasteiger partial charge in [0.1, 0.15) is 13.2 Å². The molecule has 0 radical (unpaired) electrons. The van der Waals surface area contributed by atoms with E-state index in [4.69, 9.17) is 14.2 Å². The van der Waals surface area contributed by atoms with Gasteiger partial charge < -0.3 is 14.2 Å². The van der Waals surface area contributed by atoms with Crippen LogP contribution in [-0.4, -0.2) is 37.2 Å². The minimum atomic E-state index is -0.757. The van der Waals surface area contributed by atoms with Gasteiger partial charge in [0.25, 0.3) is 0 Å². The predicted octanol–water partition coefficient (Wildman–Crippen LogP) is 16.0. The van der Waals surface area contributed by atoms with Crippen LogP contribution in [0.5, 0.6) is 0 Å². The molecule has 0 aromatic heterocycles. The van der Waals surface area contributed by atoms with Gasteiger partial charge in [-0.3, -0.25) is 14.4 Å². The lowest BCUT2D eigenvalue weighted by Gasteiger charge is -2.18. The molecule has 0 fully saturated rings. The molecule has 0 spiro atoms. The van der Waals surface area contributed by atoms with E-state index in [0.29, 0.717) is 19.3 Å². The van der Waals surface area contributed by atoms with Crippen molar-refractivity contribution < 1.29 is 28.6 Å². The molecule has 0 saturated carbocycles. The highest BCUT2D eigenvalue weighted by Gasteiger charge is 2.19. The Morgan fingerprint density at radius 1 is 0.286 bits per heavy atom. The van der Waals surface area contributed by atoms with Crippen LogP contribution in [0.25, 0.3) is 0 Å². The van der Waals surface area contributed by atoms with Gasteiger partial charge in [0.05, 0.1) is 0 Å². The molecule has 332 valence electrons. The molecule has 0 amide bonds. The van der Waals surface area contributed by atoms with Crippen molar-refractivity contribution in [2.45, 2.75) is 290 Å². The van der Waals surface area contributed by atoms with Crippen molar-refractivity contribution in [3.63, 3.8) is 0 Å². The highest BCUT2D eigenvalue weighted by Crippen LogP contribution is 2.17. The third-order valence-corrected chi connectivity index (χ3v) is 11.4. The molecule has 6 heteroatoms. The van der Waals surface area contributed by atoms with E-state index in [2.05, 4.69) is 20.8 Å². The lowest BCUT2D eigenvalue weighted by Crippen LogP contribution is -2.30. The van der Waals surface area contributed by atoms with Crippen molar-refractivity contribution in [1.82, 2.24) is 0 Å². The van der Waals surface area contributed by atoms with Crippen molar-refractivity contribution >= 4 is 17.9 Å². The molecule has 0 bridgehead atoms. The van der Waals surface area contributed by atoms with Crippen molar-refractivity contribution in [1.29, 1.82) is 0 Å². The number of hydrogen-bond acceptors (Lipinski definition) is 6. The molecule has 56 heavy (non-hydrogen) atoms. The second kappa shape index (κ2) is 46.1. The minimum Gasteiger partial charge on any atom is -0.462 e. The van der Waals surface area contributed by atoms with Gasteiger partial charge in [0.15, 0.2) is 6.10 Å². The van der Waals surface area contributed by atoms with Gasteiger partial charge in [-0.1, -0.05) is 245 Å². The van der Waals surface area contributed by atoms with Crippen molar-refractivity contribution in [3.05, 3.63) is 0 Å². The van der Waals surface area contributed by atoms with Crippen LogP contribution in [0.3, 0.4) is 0 Å². The summed E-state index contributed by atoms with van der Waals surface area (Å²) in [7, 11) is 0. The van der Waals surface area contributed by atoms with Crippen LogP contribution in [0.1, 0.15) is 284 Å². The molecular weight excluding hydrogens is 697 g/mol. The molecule has 0 saturated heterocycles. The SMILES string of the molecule is CCCCCCCCCCCCCCCCCCCCCC(=O)OCC(COC(=O)CCCCCCCC)OC(=O)CCCCCCCCCCCCCCC. The Morgan fingerprint density at radius 2 is 0.482 bits per heavy atom. The summed E-state index contributed by atoms with van der Waals surface area (Å²) in [6.45, 7) is 6.62. The monoisotopic (exact) mass is 793 g/mol. The summed E-state index contributed by atoms with van der Waals surface area (Å²) in [5, 5.41) is 0. The molecule has 0 aliphatic rings. The van der Waals surface area contributed by atoms with Crippen LogP contribution < -0.4 is 0 Å². The number of ether oxygens (including phenoxy) is 3. The molecule has 0 heterocycles. The second-order valence-electron chi connectivity index (χ2n) is 17.1. The van der Waals surface area contributed by atoms with Crippen molar-refractivity contribution in [2.75, 3.05) is 13.2 Å². The minimum absolute atomic E-state index is 0.0629. The number of rotatable bonds is 46. The van der Waals surface area contributed by atoms with Gasteiger partial charge in [-0.05, 0) is 19.3 Å². The molecule has 0 aromatic carbocycles. The number of esters is 3. The fraction of sp³-hybridized carbons (Fsp3) is 0.940. The fourth-order valence-corrected chi connectivity index (χ4v) is 7.56. The van der Waals surface area contributed by atoms with Gasteiger partial charge in [0.2, 0.25) is 0 Å². The second-order valence-corrected chi connectivity index (χ2v) is 17.1. The Bertz CT molecular complexity index is 828. The first-order valence-corrected chi connectivity index (χ1v) is 25.0. The van der Waals surface area contributed by atoms with Crippen LogP contribution >= 0.6 is 0 Å². The van der Waals surface area contributed by atoms with Crippen LogP contribution in [-0.2, 0) is 28.6 Å². The normalized spacial score (nSPS) is 11.8. The third kappa shape index (κ3) is 43.5. The van der Waals surface area contributed by atoms with Gasteiger partial charge in [-0.15, -0.1) is 0 Å². The zero-order chi connectivity index (χ0) is 40.8. The molecule has 0 aromatic rings. The molecule has 0 rings (SSSR count).